The summed E-state index contributed by atoms with van der Waals surface area (Å²) in [5.41, 5.74) is 3.94. The maximum absolute atomic E-state index is 3.85. The summed E-state index contributed by atoms with van der Waals surface area (Å²) in [6, 6.07) is 0. The van der Waals surface area contributed by atoms with Gasteiger partial charge in [0, 0.05) is 6.54 Å². The fourth-order valence-corrected chi connectivity index (χ4v) is 1.68. The second-order valence-electron chi connectivity index (χ2n) is 4.42. The van der Waals surface area contributed by atoms with Gasteiger partial charge < -0.3 is 5.32 Å². The first-order valence-corrected chi connectivity index (χ1v) is 5.85. The minimum Gasteiger partial charge on any atom is -0.316 e. The average Bonchev–Trinajstić information content (AvgIpc) is 2.23. The molecule has 0 saturated heterocycles. The van der Waals surface area contributed by atoms with Gasteiger partial charge in [0.15, 0.2) is 7.28 Å². The van der Waals surface area contributed by atoms with Crippen molar-refractivity contribution in [1.29, 1.82) is 0 Å². The molecule has 0 fully saturated rings. The van der Waals surface area contributed by atoms with Crippen molar-refractivity contribution >= 4 is 7.28 Å². The Balaban J connectivity index is 5.19. The number of hydrogen-bond acceptors (Lipinski definition) is 1. The van der Waals surface area contributed by atoms with E-state index in [0.29, 0.717) is 5.82 Å². The van der Waals surface area contributed by atoms with E-state index in [2.05, 4.69) is 45.3 Å². The number of rotatable bonds is 7. The SMILES string of the molecule is C=C/C=C(BC(C)C)\C(CNC)=C(\C)C=C. The van der Waals surface area contributed by atoms with Crippen molar-refractivity contribution in [2.45, 2.75) is 26.6 Å². The molecule has 1 nitrogen and oxygen atoms in total. The van der Waals surface area contributed by atoms with Gasteiger partial charge in [0.25, 0.3) is 0 Å². The van der Waals surface area contributed by atoms with E-state index in [1.54, 1.807) is 0 Å². The minimum atomic E-state index is 0.649. The van der Waals surface area contributed by atoms with Crippen LogP contribution in [0.25, 0.3) is 0 Å². The lowest BCUT2D eigenvalue weighted by Gasteiger charge is -2.15. The van der Waals surface area contributed by atoms with E-state index in [1.165, 1.54) is 16.6 Å². The van der Waals surface area contributed by atoms with Crippen LogP contribution in [0.15, 0.2) is 48.0 Å². The van der Waals surface area contributed by atoms with Crippen LogP contribution in [0.3, 0.4) is 0 Å². The molecule has 2 heteroatoms. The number of likely N-dealkylation sites (N-methyl/N-ethyl adjacent to an activating group) is 1. The molecular formula is C14H24BN. The Bertz CT molecular complexity index is 298. The van der Waals surface area contributed by atoms with Crippen LogP contribution in [0.2, 0.25) is 5.82 Å². The molecule has 0 aliphatic rings. The number of hydrogen-bond donors (Lipinski definition) is 1. The molecule has 0 aromatic carbocycles. The van der Waals surface area contributed by atoms with Crippen molar-refractivity contribution in [1.82, 2.24) is 5.32 Å². The van der Waals surface area contributed by atoms with Gasteiger partial charge in [0.05, 0.1) is 0 Å². The van der Waals surface area contributed by atoms with Gasteiger partial charge in [-0.15, -0.1) is 0 Å². The molecule has 0 rings (SSSR count). The second-order valence-corrected chi connectivity index (χ2v) is 4.42. The molecule has 16 heavy (non-hydrogen) atoms. The summed E-state index contributed by atoms with van der Waals surface area (Å²) in [5, 5.41) is 3.21. The Labute approximate surface area is 101 Å². The van der Waals surface area contributed by atoms with Crippen LogP contribution >= 0.6 is 0 Å². The van der Waals surface area contributed by atoms with Gasteiger partial charge in [-0.3, -0.25) is 0 Å². The topological polar surface area (TPSA) is 12.0 Å². The molecule has 1 N–H and O–H groups in total. The smallest absolute Gasteiger partial charge is 0.160 e. The Morgan fingerprint density at radius 2 is 2.00 bits per heavy atom. The summed E-state index contributed by atoms with van der Waals surface area (Å²) in [6.45, 7) is 15.1. The molecule has 0 amide bonds. The molecule has 0 saturated carbocycles. The zero-order chi connectivity index (χ0) is 12.6. The average molecular weight is 217 g/mol. The highest BCUT2D eigenvalue weighted by Crippen LogP contribution is 2.18. The highest BCUT2D eigenvalue weighted by atomic mass is 14.8. The van der Waals surface area contributed by atoms with E-state index in [-0.39, 0.29) is 0 Å². The summed E-state index contributed by atoms with van der Waals surface area (Å²) >= 11 is 0. The molecule has 0 unspecified atom stereocenters. The normalized spacial score (nSPS) is 13.4. The third-order valence-corrected chi connectivity index (χ3v) is 2.47. The zero-order valence-corrected chi connectivity index (χ0v) is 11.1. The Hall–Kier alpha value is -1.02. The van der Waals surface area contributed by atoms with Crippen LogP contribution in [0, 0.1) is 0 Å². The van der Waals surface area contributed by atoms with Gasteiger partial charge in [-0.05, 0) is 25.1 Å². The number of allylic oxidation sites excluding steroid dienone is 4. The lowest BCUT2D eigenvalue weighted by atomic mass is 9.57. The van der Waals surface area contributed by atoms with Crippen molar-refractivity contribution in [2.24, 2.45) is 0 Å². The summed E-state index contributed by atoms with van der Waals surface area (Å²) < 4.78 is 0. The lowest BCUT2D eigenvalue weighted by Crippen LogP contribution is -2.16. The fraction of sp³-hybridized carbons (Fsp3) is 0.429. The van der Waals surface area contributed by atoms with E-state index in [1.807, 2.05) is 19.2 Å². The highest BCUT2D eigenvalue weighted by Gasteiger charge is 2.09. The summed E-state index contributed by atoms with van der Waals surface area (Å²) in [5.74, 6) is 0.649. The van der Waals surface area contributed by atoms with Crippen LogP contribution in [0.1, 0.15) is 20.8 Å². The first kappa shape index (κ1) is 15.0. The van der Waals surface area contributed by atoms with Crippen molar-refractivity contribution in [3.8, 4) is 0 Å². The van der Waals surface area contributed by atoms with Gasteiger partial charge in [-0.1, -0.05) is 56.5 Å². The third-order valence-electron chi connectivity index (χ3n) is 2.47. The molecule has 0 bridgehead atoms. The van der Waals surface area contributed by atoms with Crippen LogP contribution in [0.4, 0.5) is 0 Å². The van der Waals surface area contributed by atoms with Crippen molar-refractivity contribution in [3.63, 3.8) is 0 Å². The molecule has 0 heterocycles. The first-order valence-electron chi connectivity index (χ1n) is 5.85. The molecule has 0 radical (unpaired) electrons. The Morgan fingerprint density at radius 1 is 1.38 bits per heavy atom. The van der Waals surface area contributed by atoms with Gasteiger partial charge >= 0.3 is 0 Å². The van der Waals surface area contributed by atoms with E-state index in [9.17, 15) is 0 Å². The van der Waals surface area contributed by atoms with Crippen molar-refractivity contribution in [3.05, 3.63) is 48.0 Å². The predicted molar refractivity (Wildman–Crippen MR) is 77.4 cm³/mol. The maximum Gasteiger partial charge on any atom is 0.160 e. The molecule has 0 aromatic heterocycles. The predicted octanol–water partition coefficient (Wildman–Crippen LogP) is 3.04. The van der Waals surface area contributed by atoms with E-state index in [0.717, 1.165) is 13.8 Å². The van der Waals surface area contributed by atoms with E-state index in [4.69, 9.17) is 0 Å². The van der Waals surface area contributed by atoms with Gasteiger partial charge in [-0.2, -0.15) is 0 Å². The monoisotopic (exact) mass is 217 g/mol. The van der Waals surface area contributed by atoms with Crippen LogP contribution in [0.5, 0.6) is 0 Å². The van der Waals surface area contributed by atoms with E-state index < -0.39 is 0 Å². The Morgan fingerprint density at radius 3 is 2.38 bits per heavy atom. The lowest BCUT2D eigenvalue weighted by molar-refractivity contribution is 0.884. The second kappa shape index (κ2) is 8.17. The first-order chi connectivity index (χ1) is 7.56. The summed E-state index contributed by atoms with van der Waals surface area (Å²) in [6.07, 6.45) is 5.90. The quantitative estimate of drug-likeness (QED) is 0.510. The van der Waals surface area contributed by atoms with Crippen LogP contribution in [-0.4, -0.2) is 20.9 Å². The van der Waals surface area contributed by atoms with Crippen LogP contribution < -0.4 is 5.32 Å². The molecule has 0 atom stereocenters. The molecule has 0 aromatic rings. The molecule has 0 aliphatic carbocycles. The van der Waals surface area contributed by atoms with Crippen molar-refractivity contribution < 1.29 is 0 Å². The standard InChI is InChI=1S/C14H24BN/c1-7-9-14(15-11(3)4)13(10-16-6)12(5)8-2/h7-9,11,15-16H,1-2,10H2,3-6H3/b13-12-,14-9+. The molecular weight excluding hydrogens is 193 g/mol. The number of nitrogens with one attached hydrogen (secondary N) is 1. The molecule has 0 spiro atoms. The molecule has 0 aliphatic heterocycles. The Kier molecular flexibility index (Phi) is 7.66. The van der Waals surface area contributed by atoms with Gasteiger partial charge in [-0.25, -0.2) is 0 Å². The van der Waals surface area contributed by atoms with E-state index >= 15 is 0 Å². The van der Waals surface area contributed by atoms with Gasteiger partial charge in [0.2, 0.25) is 0 Å². The minimum absolute atomic E-state index is 0.649. The summed E-state index contributed by atoms with van der Waals surface area (Å²) in [4.78, 5) is 0. The summed E-state index contributed by atoms with van der Waals surface area (Å²) in [7, 11) is 3.05. The van der Waals surface area contributed by atoms with Gasteiger partial charge in [0.1, 0.15) is 0 Å². The maximum atomic E-state index is 3.85. The zero-order valence-electron chi connectivity index (χ0n) is 11.1. The van der Waals surface area contributed by atoms with Crippen LogP contribution in [-0.2, 0) is 0 Å². The highest BCUT2D eigenvalue weighted by molar-refractivity contribution is 6.48. The van der Waals surface area contributed by atoms with Crippen molar-refractivity contribution in [2.75, 3.05) is 13.6 Å². The molecule has 88 valence electrons. The third kappa shape index (κ3) is 5.17. The largest absolute Gasteiger partial charge is 0.316 e. The fourth-order valence-electron chi connectivity index (χ4n) is 1.68.